The van der Waals surface area contributed by atoms with Gasteiger partial charge < -0.3 is 10.2 Å². The van der Waals surface area contributed by atoms with E-state index >= 15 is 0 Å². The zero-order chi connectivity index (χ0) is 27.7. The molecule has 0 heterocycles. The number of hydrogen-bond donors (Lipinski definition) is 1. The minimum Gasteiger partial charge on any atom is -0.352 e. The van der Waals surface area contributed by atoms with E-state index in [1.54, 1.807) is 42.5 Å². The molecule has 202 valence electrons. The summed E-state index contributed by atoms with van der Waals surface area (Å²) in [5, 5.41) is 3.16. The maximum Gasteiger partial charge on any atom is 0.264 e. The van der Waals surface area contributed by atoms with Gasteiger partial charge in [-0.3, -0.25) is 13.9 Å². The van der Waals surface area contributed by atoms with Crippen LogP contribution in [0.15, 0.2) is 89.8 Å². The van der Waals surface area contributed by atoms with E-state index in [4.69, 9.17) is 11.6 Å². The Bertz CT molecular complexity index is 1320. The Morgan fingerprint density at radius 3 is 2.03 bits per heavy atom. The minimum absolute atomic E-state index is 0.0314. The molecule has 9 heteroatoms. The zero-order valence-corrected chi connectivity index (χ0v) is 23.5. The molecular weight excluding hydrogens is 522 g/mol. The Morgan fingerprint density at radius 2 is 1.45 bits per heavy atom. The summed E-state index contributed by atoms with van der Waals surface area (Å²) >= 11 is 6.42. The Kier molecular flexibility index (Phi) is 10.3. The number of hydrogen-bond acceptors (Lipinski definition) is 4. The molecule has 0 radical (unpaired) electrons. The molecule has 0 unspecified atom stereocenters. The number of nitrogens with zero attached hydrogens (tertiary/aromatic N) is 2. The van der Waals surface area contributed by atoms with Gasteiger partial charge in [-0.2, -0.15) is 0 Å². The molecule has 0 saturated carbocycles. The number of halogens is 1. The van der Waals surface area contributed by atoms with Crippen LogP contribution in [0.5, 0.6) is 0 Å². The van der Waals surface area contributed by atoms with Gasteiger partial charge in [-0.05, 0) is 49.6 Å². The molecule has 38 heavy (non-hydrogen) atoms. The van der Waals surface area contributed by atoms with Gasteiger partial charge in [-0.1, -0.05) is 86.1 Å². The summed E-state index contributed by atoms with van der Waals surface area (Å²) in [5.41, 5.74) is 1.01. The number of anilines is 1. The predicted octanol–water partition coefficient (Wildman–Crippen LogP) is 5.26. The topological polar surface area (TPSA) is 86.8 Å². The van der Waals surface area contributed by atoms with Crippen LogP contribution in [0.1, 0.15) is 39.2 Å². The summed E-state index contributed by atoms with van der Waals surface area (Å²) in [5.74, 6) is -0.791. The molecule has 3 rings (SSSR count). The van der Waals surface area contributed by atoms with Gasteiger partial charge in [0.25, 0.3) is 10.0 Å². The van der Waals surface area contributed by atoms with Gasteiger partial charge >= 0.3 is 0 Å². The van der Waals surface area contributed by atoms with Gasteiger partial charge in [0.15, 0.2) is 0 Å². The molecule has 2 atom stereocenters. The third-order valence-corrected chi connectivity index (χ3v) is 8.41. The van der Waals surface area contributed by atoms with E-state index in [1.807, 2.05) is 51.1 Å². The number of carbonyl (C=O) groups excluding carboxylic acids is 2. The lowest BCUT2D eigenvalue weighted by Gasteiger charge is -2.34. The first-order valence-electron chi connectivity index (χ1n) is 12.6. The van der Waals surface area contributed by atoms with Crippen LogP contribution in [0, 0.1) is 0 Å². The van der Waals surface area contributed by atoms with Crippen molar-refractivity contribution in [2.75, 3.05) is 10.8 Å². The highest BCUT2D eigenvalue weighted by atomic mass is 35.5. The van der Waals surface area contributed by atoms with Crippen molar-refractivity contribution >= 4 is 39.1 Å². The summed E-state index contributed by atoms with van der Waals surface area (Å²) in [7, 11) is -4.15. The molecule has 0 bridgehead atoms. The highest BCUT2D eigenvalue weighted by Crippen LogP contribution is 2.30. The maximum atomic E-state index is 14.0. The number of carbonyl (C=O) groups is 2. The minimum atomic E-state index is -4.15. The smallest absolute Gasteiger partial charge is 0.264 e. The van der Waals surface area contributed by atoms with E-state index in [9.17, 15) is 18.0 Å². The van der Waals surface area contributed by atoms with Crippen molar-refractivity contribution in [1.29, 1.82) is 0 Å². The predicted molar refractivity (Wildman–Crippen MR) is 151 cm³/mol. The molecule has 1 N–H and O–H groups in total. The number of para-hydroxylation sites is 1. The van der Waals surface area contributed by atoms with E-state index in [0.717, 1.165) is 16.3 Å². The lowest BCUT2D eigenvalue weighted by atomic mass is 10.1. The summed E-state index contributed by atoms with van der Waals surface area (Å²) in [4.78, 5) is 28.7. The third-order valence-electron chi connectivity index (χ3n) is 6.31. The second kappa shape index (κ2) is 13.4. The van der Waals surface area contributed by atoms with Crippen molar-refractivity contribution in [3.05, 3.63) is 95.5 Å². The van der Waals surface area contributed by atoms with Crippen molar-refractivity contribution in [1.82, 2.24) is 10.2 Å². The lowest BCUT2D eigenvalue weighted by molar-refractivity contribution is -0.140. The summed E-state index contributed by atoms with van der Waals surface area (Å²) in [6.45, 7) is 5.32. The monoisotopic (exact) mass is 555 g/mol. The molecule has 0 aliphatic heterocycles. The van der Waals surface area contributed by atoms with Crippen molar-refractivity contribution < 1.29 is 18.0 Å². The van der Waals surface area contributed by atoms with E-state index < -0.39 is 28.5 Å². The summed E-state index contributed by atoms with van der Waals surface area (Å²) in [6, 6.07) is 22.8. The molecule has 2 amide bonds. The Morgan fingerprint density at radius 1 is 0.868 bits per heavy atom. The Balaban J connectivity index is 2.04. The summed E-state index contributed by atoms with van der Waals surface area (Å²) < 4.78 is 28.6. The SMILES string of the molecule is CC[C@H](C)NC(=O)[C@H](CC)N(Cc1ccccc1)C(=O)CN(c1ccccc1Cl)S(=O)(=O)c1ccccc1. The fourth-order valence-electron chi connectivity index (χ4n) is 4.03. The van der Waals surface area contributed by atoms with Crippen LogP contribution in [-0.4, -0.2) is 43.8 Å². The third kappa shape index (κ3) is 7.14. The molecule has 0 aliphatic rings. The molecule has 3 aromatic carbocycles. The fourth-order valence-corrected chi connectivity index (χ4v) is 5.77. The normalized spacial score (nSPS) is 12.8. The maximum absolute atomic E-state index is 14.0. The highest BCUT2D eigenvalue weighted by molar-refractivity contribution is 7.92. The average Bonchev–Trinajstić information content (AvgIpc) is 2.92. The number of sulfonamides is 1. The van der Waals surface area contributed by atoms with Crippen molar-refractivity contribution in [3.63, 3.8) is 0 Å². The second-order valence-electron chi connectivity index (χ2n) is 9.03. The molecule has 0 spiro atoms. The highest BCUT2D eigenvalue weighted by Gasteiger charge is 2.34. The first-order chi connectivity index (χ1) is 18.2. The first kappa shape index (κ1) is 29.2. The van der Waals surface area contributed by atoms with Gasteiger partial charge in [0.05, 0.1) is 15.6 Å². The standard InChI is InChI=1S/C29H34ClN3O4S/c1-4-22(3)31-29(35)26(5-2)32(20-23-14-8-6-9-15-23)28(34)21-33(27-19-13-12-18-25(27)30)38(36,37)24-16-10-7-11-17-24/h6-19,22,26H,4-5,20-21H2,1-3H3,(H,31,35)/t22-,26-/m0/s1. The average molecular weight is 556 g/mol. The molecule has 0 saturated heterocycles. The number of benzene rings is 3. The molecular formula is C29H34ClN3O4S. The van der Waals surface area contributed by atoms with Gasteiger partial charge in [0, 0.05) is 12.6 Å². The van der Waals surface area contributed by atoms with Crippen LogP contribution in [0.3, 0.4) is 0 Å². The molecule has 7 nitrogen and oxygen atoms in total. The summed E-state index contributed by atoms with van der Waals surface area (Å²) in [6.07, 6.45) is 1.10. The van der Waals surface area contributed by atoms with Crippen LogP contribution in [0.25, 0.3) is 0 Å². The van der Waals surface area contributed by atoms with Crippen LogP contribution in [0.2, 0.25) is 5.02 Å². The van der Waals surface area contributed by atoms with Gasteiger partial charge in [0.2, 0.25) is 11.8 Å². The zero-order valence-electron chi connectivity index (χ0n) is 21.9. The van der Waals surface area contributed by atoms with Crippen LogP contribution in [-0.2, 0) is 26.2 Å². The van der Waals surface area contributed by atoms with E-state index in [2.05, 4.69) is 5.32 Å². The Hall–Kier alpha value is -3.36. The Labute approximate surface area is 230 Å². The molecule has 0 aliphatic carbocycles. The quantitative estimate of drug-likeness (QED) is 0.330. The van der Waals surface area contributed by atoms with Gasteiger partial charge in [-0.15, -0.1) is 0 Å². The lowest BCUT2D eigenvalue weighted by Crippen LogP contribution is -2.53. The second-order valence-corrected chi connectivity index (χ2v) is 11.3. The number of nitrogens with one attached hydrogen (secondary N) is 1. The van der Waals surface area contributed by atoms with Crippen LogP contribution in [0.4, 0.5) is 5.69 Å². The van der Waals surface area contributed by atoms with Gasteiger partial charge in [0.1, 0.15) is 12.6 Å². The molecule has 0 fully saturated rings. The van der Waals surface area contributed by atoms with Gasteiger partial charge in [-0.25, -0.2) is 8.42 Å². The van der Waals surface area contributed by atoms with E-state index in [0.29, 0.717) is 6.42 Å². The number of amides is 2. The molecule has 3 aromatic rings. The number of rotatable bonds is 12. The van der Waals surface area contributed by atoms with Crippen molar-refractivity contribution in [3.8, 4) is 0 Å². The van der Waals surface area contributed by atoms with E-state index in [-0.39, 0.29) is 34.1 Å². The van der Waals surface area contributed by atoms with Crippen LogP contribution < -0.4 is 9.62 Å². The molecule has 0 aromatic heterocycles. The fraction of sp³-hybridized carbons (Fsp3) is 0.310. The van der Waals surface area contributed by atoms with Crippen LogP contribution >= 0.6 is 11.6 Å². The van der Waals surface area contributed by atoms with Crippen molar-refractivity contribution in [2.24, 2.45) is 0 Å². The van der Waals surface area contributed by atoms with Crippen molar-refractivity contribution in [2.45, 2.75) is 57.1 Å². The largest absolute Gasteiger partial charge is 0.352 e. The van der Waals surface area contributed by atoms with E-state index in [1.165, 1.54) is 17.0 Å². The first-order valence-corrected chi connectivity index (χ1v) is 14.5.